The van der Waals surface area contributed by atoms with Crippen molar-refractivity contribution in [3.05, 3.63) is 47.7 Å². The minimum absolute atomic E-state index is 0.286. The molecular formula is C14H13F3N2. The van der Waals surface area contributed by atoms with E-state index in [-0.39, 0.29) is 5.69 Å². The van der Waals surface area contributed by atoms with Crippen LogP contribution in [0.2, 0.25) is 0 Å². The molecule has 0 aliphatic rings. The van der Waals surface area contributed by atoms with Crippen LogP contribution in [0.5, 0.6) is 0 Å². The molecule has 0 unspecified atom stereocenters. The third kappa shape index (κ3) is 2.86. The molecule has 0 radical (unpaired) electrons. The van der Waals surface area contributed by atoms with Crippen LogP contribution in [0.4, 0.5) is 18.9 Å². The second-order valence-electron chi connectivity index (χ2n) is 4.17. The highest BCUT2D eigenvalue weighted by atomic mass is 19.4. The van der Waals surface area contributed by atoms with E-state index in [4.69, 9.17) is 5.73 Å². The summed E-state index contributed by atoms with van der Waals surface area (Å²) >= 11 is 0. The molecule has 1 heterocycles. The largest absolute Gasteiger partial charge is 0.416 e. The fourth-order valence-electron chi connectivity index (χ4n) is 1.78. The highest BCUT2D eigenvalue weighted by molar-refractivity contribution is 5.74. The smallest absolute Gasteiger partial charge is 0.398 e. The summed E-state index contributed by atoms with van der Waals surface area (Å²) in [5.74, 6) is 0. The fourth-order valence-corrected chi connectivity index (χ4v) is 1.78. The van der Waals surface area contributed by atoms with Gasteiger partial charge in [0.05, 0.1) is 11.3 Å². The van der Waals surface area contributed by atoms with Crippen LogP contribution in [0.3, 0.4) is 0 Å². The van der Waals surface area contributed by atoms with Crippen molar-refractivity contribution in [2.45, 2.75) is 19.5 Å². The molecule has 0 bridgehead atoms. The minimum atomic E-state index is -4.38. The van der Waals surface area contributed by atoms with Gasteiger partial charge in [-0.1, -0.05) is 13.0 Å². The first-order valence-corrected chi connectivity index (χ1v) is 5.85. The SMILES string of the molecule is CCc1cccc(-c2cc(C(F)(F)F)ccc2N)n1. The molecule has 19 heavy (non-hydrogen) atoms. The molecule has 1 aromatic carbocycles. The first-order chi connectivity index (χ1) is 8.91. The Bertz CT molecular complexity index is 591. The van der Waals surface area contributed by atoms with Gasteiger partial charge in [0.15, 0.2) is 0 Å². The molecule has 2 aromatic rings. The van der Waals surface area contributed by atoms with E-state index < -0.39 is 11.7 Å². The van der Waals surface area contributed by atoms with Gasteiger partial charge in [0.2, 0.25) is 0 Å². The fraction of sp³-hybridized carbons (Fsp3) is 0.214. The van der Waals surface area contributed by atoms with Gasteiger partial charge in [0, 0.05) is 16.9 Å². The number of anilines is 1. The molecule has 0 saturated heterocycles. The van der Waals surface area contributed by atoms with Gasteiger partial charge in [-0.25, -0.2) is 0 Å². The number of benzene rings is 1. The van der Waals surface area contributed by atoms with E-state index in [2.05, 4.69) is 4.98 Å². The Morgan fingerprint density at radius 2 is 1.89 bits per heavy atom. The van der Waals surface area contributed by atoms with E-state index >= 15 is 0 Å². The van der Waals surface area contributed by atoms with Crippen molar-refractivity contribution in [1.29, 1.82) is 0 Å². The van der Waals surface area contributed by atoms with Crippen LogP contribution < -0.4 is 5.73 Å². The summed E-state index contributed by atoms with van der Waals surface area (Å²) in [6.45, 7) is 1.93. The summed E-state index contributed by atoms with van der Waals surface area (Å²) in [5.41, 5.74) is 6.90. The summed E-state index contributed by atoms with van der Waals surface area (Å²) in [6.07, 6.45) is -3.67. The number of nitrogens with zero attached hydrogens (tertiary/aromatic N) is 1. The van der Waals surface area contributed by atoms with Gasteiger partial charge in [0.1, 0.15) is 0 Å². The van der Waals surface area contributed by atoms with Gasteiger partial charge in [-0.3, -0.25) is 4.98 Å². The Hall–Kier alpha value is -2.04. The standard InChI is InChI=1S/C14H13F3N2/c1-2-10-4-3-5-13(19-10)11-8-9(14(15,16)17)6-7-12(11)18/h3-8H,2,18H2,1H3. The van der Waals surface area contributed by atoms with E-state index in [1.807, 2.05) is 13.0 Å². The van der Waals surface area contributed by atoms with Gasteiger partial charge in [0.25, 0.3) is 0 Å². The maximum absolute atomic E-state index is 12.7. The molecule has 2 N–H and O–H groups in total. The molecule has 0 atom stereocenters. The molecular weight excluding hydrogens is 253 g/mol. The van der Waals surface area contributed by atoms with Crippen LogP contribution in [0.1, 0.15) is 18.2 Å². The maximum Gasteiger partial charge on any atom is 0.416 e. The molecule has 2 nitrogen and oxygen atoms in total. The van der Waals surface area contributed by atoms with Crippen LogP contribution in [-0.4, -0.2) is 4.98 Å². The predicted octanol–water partition coefficient (Wildman–Crippen LogP) is 3.91. The Balaban J connectivity index is 2.54. The molecule has 0 aliphatic heterocycles. The summed E-state index contributed by atoms with van der Waals surface area (Å²) in [7, 11) is 0. The summed E-state index contributed by atoms with van der Waals surface area (Å²) in [4.78, 5) is 4.30. The zero-order chi connectivity index (χ0) is 14.0. The van der Waals surface area contributed by atoms with Crippen molar-refractivity contribution in [1.82, 2.24) is 4.98 Å². The van der Waals surface area contributed by atoms with Crippen molar-refractivity contribution in [3.8, 4) is 11.3 Å². The van der Waals surface area contributed by atoms with Crippen molar-refractivity contribution in [2.75, 3.05) is 5.73 Å². The molecule has 1 aromatic heterocycles. The number of hydrogen-bond acceptors (Lipinski definition) is 2. The Morgan fingerprint density at radius 3 is 2.53 bits per heavy atom. The number of aryl methyl sites for hydroxylation is 1. The van der Waals surface area contributed by atoms with Gasteiger partial charge >= 0.3 is 6.18 Å². The number of aromatic nitrogens is 1. The first-order valence-electron chi connectivity index (χ1n) is 5.85. The monoisotopic (exact) mass is 266 g/mol. The molecule has 2 rings (SSSR count). The first kappa shape index (κ1) is 13.4. The number of pyridine rings is 1. The van der Waals surface area contributed by atoms with Crippen molar-refractivity contribution in [2.24, 2.45) is 0 Å². The second-order valence-corrected chi connectivity index (χ2v) is 4.17. The lowest BCUT2D eigenvalue weighted by molar-refractivity contribution is -0.137. The van der Waals surface area contributed by atoms with Gasteiger partial charge in [-0.2, -0.15) is 13.2 Å². The number of alkyl halides is 3. The van der Waals surface area contributed by atoms with Crippen LogP contribution in [0, 0.1) is 0 Å². The van der Waals surface area contributed by atoms with Crippen LogP contribution >= 0.6 is 0 Å². The second kappa shape index (κ2) is 4.91. The topological polar surface area (TPSA) is 38.9 Å². The van der Waals surface area contributed by atoms with E-state index in [0.29, 0.717) is 17.7 Å². The van der Waals surface area contributed by atoms with Crippen LogP contribution in [0.15, 0.2) is 36.4 Å². The summed E-state index contributed by atoms with van der Waals surface area (Å²) in [6, 6.07) is 8.53. The summed E-state index contributed by atoms with van der Waals surface area (Å²) < 4.78 is 38.1. The lowest BCUT2D eigenvalue weighted by Gasteiger charge is -2.11. The predicted molar refractivity (Wildman–Crippen MR) is 68.5 cm³/mol. The minimum Gasteiger partial charge on any atom is -0.398 e. The van der Waals surface area contributed by atoms with Crippen molar-refractivity contribution in [3.63, 3.8) is 0 Å². The lowest BCUT2D eigenvalue weighted by atomic mass is 10.0. The highest BCUT2D eigenvalue weighted by Crippen LogP contribution is 2.34. The number of nitrogen functional groups attached to an aromatic ring is 1. The van der Waals surface area contributed by atoms with Gasteiger partial charge in [-0.15, -0.1) is 0 Å². The van der Waals surface area contributed by atoms with Gasteiger partial charge < -0.3 is 5.73 Å². The quantitative estimate of drug-likeness (QED) is 0.837. The molecule has 0 saturated carbocycles. The normalized spacial score (nSPS) is 11.6. The molecule has 0 spiro atoms. The zero-order valence-electron chi connectivity index (χ0n) is 10.3. The van der Waals surface area contributed by atoms with E-state index in [9.17, 15) is 13.2 Å². The third-order valence-corrected chi connectivity index (χ3v) is 2.83. The average molecular weight is 266 g/mol. The zero-order valence-corrected chi connectivity index (χ0v) is 10.3. The molecule has 0 fully saturated rings. The van der Waals surface area contributed by atoms with E-state index in [1.165, 1.54) is 6.07 Å². The van der Waals surface area contributed by atoms with E-state index in [1.54, 1.807) is 12.1 Å². The Morgan fingerprint density at radius 1 is 1.16 bits per heavy atom. The number of rotatable bonds is 2. The average Bonchev–Trinajstić information content (AvgIpc) is 2.38. The molecule has 100 valence electrons. The van der Waals surface area contributed by atoms with Crippen LogP contribution in [0.25, 0.3) is 11.3 Å². The number of nitrogens with two attached hydrogens (primary N) is 1. The third-order valence-electron chi connectivity index (χ3n) is 2.83. The van der Waals surface area contributed by atoms with Crippen molar-refractivity contribution >= 4 is 5.69 Å². The molecule has 5 heteroatoms. The van der Waals surface area contributed by atoms with Crippen molar-refractivity contribution < 1.29 is 13.2 Å². The Kier molecular flexibility index (Phi) is 3.46. The Labute approximate surface area is 109 Å². The highest BCUT2D eigenvalue weighted by Gasteiger charge is 2.31. The number of hydrogen-bond donors (Lipinski definition) is 1. The lowest BCUT2D eigenvalue weighted by Crippen LogP contribution is -2.06. The van der Waals surface area contributed by atoms with Crippen LogP contribution in [-0.2, 0) is 12.6 Å². The molecule has 0 aliphatic carbocycles. The summed E-state index contributed by atoms with van der Waals surface area (Å²) in [5, 5.41) is 0. The van der Waals surface area contributed by atoms with E-state index in [0.717, 1.165) is 17.8 Å². The molecule has 0 amide bonds. The maximum atomic E-state index is 12.7. The van der Waals surface area contributed by atoms with Gasteiger partial charge in [-0.05, 0) is 36.8 Å². The number of halogens is 3.